The fourth-order valence-electron chi connectivity index (χ4n) is 2.26. The highest BCUT2D eigenvalue weighted by atomic mass is 14.7. The lowest BCUT2D eigenvalue weighted by molar-refractivity contribution is 1.27. The van der Waals surface area contributed by atoms with Crippen LogP contribution in [-0.4, -0.2) is 9.97 Å². The lowest BCUT2D eigenvalue weighted by atomic mass is 10.0. The maximum atomic E-state index is 4.43. The summed E-state index contributed by atoms with van der Waals surface area (Å²) in [5, 5.41) is 1.23. The predicted octanol–water partition coefficient (Wildman–Crippen LogP) is 4.01. The molecule has 0 radical (unpaired) electrons. The molecule has 0 spiro atoms. The third-order valence-electron chi connectivity index (χ3n) is 3.11. The number of hydrogen-bond donors (Lipinski definition) is 1. The summed E-state index contributed by atoms with van der Waals surface area (Å²) < 4.78 is 0. The first-order valence-electron chi connectivity index (χ1n) is 6.04. The summed E-state index contributed by atoms with van der Waals surface area (Å²) >= 11 is 0. The van der Waals surface area contributed by atoms with Crippen LogP contribution >= 0.6 is 0 Å². The first kappa shape index (κ1) is 10.8. The van der Waals surface area contributed by atoms with Crippen molar-refractivity contribution in [3.8, 4) is 0 Å². The number of hydrogen-bond acceptors (Lipinski definition) is 1. The molecular formula is C16H14N2. The van der Waals surface area contributed by atoms with Crippen molar-refractivity contribution in [1.82, 2.24) is 9.97 Å². The quantitative estimate of drug-likeness (QED) is 0.713. The highest BCUT2D eigenvalue weighted by molar-refractivity contribution is 5.96. The van der Waals surface area contributed by atoms with Gasteiger partial charge < -0.3 is 4.98 Å². The van der Waals surface area contributed by atoms with Crippen LogP contribution < -0.4 is 0 Å². The lowest BCUT2D eigenvalue weighted by Gasteiger charge is -2.05. The summed E-state index contributed by atoms with van der Waals surface area (Å²) in [6, 6.07) is 14.3. The Balaban J connectivity index is 2.19. The molecule has 3 aromatic rings. The Morgan fingerprint density at radius 1 is 1.11 bits per heavy atom. The van der Waals surface area contributed by atoms with Crippen LogP contribution in [0.5, 0.6) is 0 Å². The van der Waals surface area contributed by atoms with Crippen molar-refractivity contribution in [3.05, 3.63) is 72.2 Å². The van der Waals surface area contributed by atoms with Gasteiger partial charge in [-0.3, -0.25) is 4.98 Å². The molecule has 2 nitrogen and oxygen atoms in total. The molecule has 0 atom stereocenters. The van der Waals surface area contributed by atoms with Gasteiger partial charge in [-0.05, 0) is 25.1 Å². The highest BCUT2D eigenvalue weighted by Crippen LogP contribution is 2.28. The second-order valence-electron chi connectivity index (χ2n) is 4.17. The minimum absolute atomic E-state index is 1.00. The van der Waals surface area contributed by atoms with Gasteiger partial charge in [0, 0.05) is 34.4 Å². The molecule has 0 aliphatic heterocycles. The smallest absolute Gasteiger partial charge is 0.0705 e. The van der Waals surface area contributed by atoms with Crippen molar-refractivity contribution >= 4 is 16.5 Å². The number of rotatable bonds is 2. The SMILES string of the molecule is CC=C(c1ccccn1)c1c[nH]c2ccccc12. The Morgan fingerprint density at radius 3 is 2.72 bits per heavy atom. The second-order valence-corrected chi connectivity index (χ2v) is 4.17. The first-order chi connectivity index (χ1) is 8.90. The van der Waals surface area contributed by atoms with Gasteiger partial charge in [0.2, 0.25) is 0 Å². The van der Waals surface area contributed by atoms with Gasteiger partial charge in [-0.1, -0.05) is 30.3 Å². The average Bonchev–Trinajstić information content (AvgIpc) is 2.85. The van der Waals surface area contributed by atoms with E-state index in [1.807, 2.05) is 37.4 Å². The third kappa shape index (κ3) is 1.72. The summed E-state index contributed by atoms with van der Waals surface area (Å²) in [6.45, 7) is 2.05. The van der Waals surface area contributed by atoms with E-state index in [0.29, 0.717) is 0 Å². The molecular weight excluding hydrogens is 220 g/mol. The first-order valence-corrected chi connectivity index (χ1v) is 6.04. The number of nitrogens with zero attached hydrogens (tertiary/aromatic N) is 1. The Hall–Kier alpha value is -2.35. The van der Waals surface area contributed by atoms with E-state index in [2.05, 4.69) is 40.4 Å². The van der Waals surface area contributed by atoms with E-state index in [0.717, 1.165) is 16.8 Å². The highest BCUT2D eigenvalue weighted by Gasteiger charge is 2.09. The summed E-state index contributed by atoms with van der Waals surface area (Å²) in [4.78, 5) is 7.73. The largest absolute Gasteiger partial charge is 0.361 e. The summed E-state index contributed by atoms with van der Waals surface area (Å²) in [5.41, 5.74) is 4.52. The number of fused-ring (bicyclic) bond motifs is 1. The molecule has 0 amide bonds. The number of pyridine rings is 1. The topological polar surface area (TPSA) is 28.7 Å². The molecule has 2 heteroatoms. The molecule has 2 heterocycles. The molecule has 0 saturated heterocycles. The Morgan fingerprint density at radius 2 is 1.94 bits per heavy atom. The van der Waals surface area contributed by atoms with Gasteiger partial charge in [0.05, 0.1) is 5.69 Å². The van der Waals surface area contributed by atoms with Gasteiger partial charge in [-0.25, -0.2) is 0 Å². The van der Waals surface area contributed by atoms with E-state index in [1.165, 1.54) is 10.9 Å². The fraction of sp³-hybridized carbons (Fsp3) is 0.0625. The number of aromatic amines is 1. The van der Waals surface area contributed by atoms with Gasteiger partial charge in [-0.2, -0.15) is 0 Å². The van der Waals surface area contributed by atoms with Crippen molar-refractivity contribution < 1.29 is 0 Å². The third-order valence-corrected chi connectivity index (χ3v) is 3.11. The minimum atomic E-state index is 1.00. The zero-order valence-electron chi connectivity index (χ0n) is 10.2. The molecule has 88 valence electrons. The number of benzene rings is 1. The van der Waals surface area contributed by atoms with Crippen molar-refractivity contribution in [1.29, 1.82) is 0 Å². The maximum Gasteiger partial charge on any atom is 0.0705 e. The molecule has 0 saturated carbocycles. The van der Waals surface area contributed by atoms with Gasteiger partial charge in [0.15, 0.2) is 0 Å². The van der Waals surface area contributed by atoms with Crippen molar-refractivity contribution in [2.24, 2.45) is 0 Å². The molecule has 3 rings (SSSR count). The van der Waals surface area contributed by atoms with Crippen LogP contribution in [0.15, 0.2) is 60.9 Å². The van der Waals surface area contributed by atoms with Crippen LogP contribution in [0, 0.1) is 0 Å². The molecule has 0 aliphatic rings. The number of allylic oxidation sites excluding steroid dienone is 1. The fourth-order valence-corrected chi connectivity index (χ4v) is 2.26. The van der Waals surface area contributed by atoms with Crippen molar-refractivity contribution in [2.45, 2.75) is 6.92 Å². The molecule has 0 fully saturated rings. The predicted molar refractivity (Wildman–Crippen MR) is 75.3 cm³/mol. The number of H-pyrrole nitrogens is 1. The number of aromatic nitrogens is 2. The van der Waals surface area contributed by atoms with Gasteiger partial charge >= 0.3 is 0 Å². The summed E-state index contributed by atoms with van der Waals surface area (Å²) in [7, 11) is 0. The van der Waals surface area contributed by atoms with Crippen LogP contribution in [0.3, 0.4) is 0 Å². The lowest BCUT2D eigenvalue weighted by Crippen LogP contribution is -1.89. The van der Waals surface area contributed by atoms with Crippen molar-refractivity contribution in [2.75, 3.05) is 0 Å². The number of para-hydroxylation sites is 1. The van der Waals surface area contributed by atoms with E-state index >= 15 is 0 Å². The van der Waals surface area contributed by atoms with Crippen LogP contribution in [0.1, 0.15) is 18.2 Å². The van der Waals surface area contributed by atoms with Gasteiger partial charge in [0.1, 0.15) is 0 Å². The Labute approximate surface area is 106 Å². The van der Waals surface area contributed by atoms with Gasteiger partial charge in [-0.15, -0.1) is 0 Å². The van der Waals surface area contributed by atoms with E-state index in [-0.39, 0.29) is 0 Å². The molecule has 18 heavy (non-hydrogen) atoms. The Kier molecular flexibility index (Phi) is 2.69. The normalized spacial score (nSPS) is 11.9. The summed E-state index contributed by atoms with van der Waals surface area (Å²) in [6.07, 6.45) is 5.99. The monoisotopic (exact) mass is 234 g/mol. The van der Waals surface area contributed by atoms with Crippen molar-refractivity contribution in [3.63, 3.8) is 0 Å². The molecule has 1 aromatic carbocycles. The molecule has 0 bridgehead atoms. The van der Waals surface area contributed by atoms with E-state index in [4.69, 9.17) is 0 Å². The summed E-state index contributed by atoms with van der Waals surface area (Å²) in [5.74, 6) is 0. The molecule has 1 N–H and O–H groups in total. The molecule has 0 unspecified atom stereocenters. The zero-order valence-corrected chi connectivity index (χ0v) is 10.2. The maximum absolute atomic E-state index is 4.43. The van der Waals surface area contributed by atoms with E-state index < -0.39 is 0 Å². The molecule has 0 aliphatic carbocycles. The van der Waals surface area contributed by atoms with Gasteiger partial charge in [0.25, 0.3) is 0 Å². The van der Waals surface area contributed by atoms with Crippen LogP contribution in [0.2, 0.25) is 0 Å². The molecule has 2 aromatic heterocycles. The Bertz CT molecular complexity index is 693. The number of nitrogens with one attached hydrogen (secondary N) is 1. The second kappa shape index (κ2) is 4.49. The van der Waals surface area contributed by atoms with E-state index in [9.17, 15) is 0 Å². The minimum Gasteiger partial charge on any atom is -0.361 e. The average molecular weight is 234 g/mol. The van der Waals surface area contributed by atoms with Crippen LogP contribution in [0.4, 0.5) is 0 Å². The van der Waals surface area contributed by atoms with Crippen LogP contribution in [-0.2, 0) is 0 Å². The standard InChI is InChI=1S/C16H14N2/c1-2-12(15-9-5-6-10-17-15)14-11-18-16-8-4-3-7-13(14)16/h2-11,18H,1H3. The van der Waals surface area contributed by atoms with Crippen LogP contribution in [0.25, 0.3) is 16.5 Å². The zero-order chi connectivity index (χ0) is 12.4. The van der Waals surface area contributed by atoms with E-state index in [1.54, 1.807) is 0 Å².